The first-order valence-electron chi connectivity index (χ1n) is 4.88. The Kier molecular flexibility index (Phi) is 3.99. The van der Waals surface area contributed by atoms with Crippen molar-refractivity contribution in [3.05, 3.63) is 33.4 Å². The second kappa shape index (κ2) is 5.25. The van der Waals surface area contributed by atoms with Crippen molar-refractivity contribution < 1.29 is 14.5 Å². The van der Waals surface area contributed by atoms with Crippen molar-refractivity contribution in [1.82, 2.24) is 0 Å². The molecule has 0 fully saturated rings. The quantitative estimate of drug-likeness (QED) is 0.332. The molecule has 0 saturated heterocycles. The second-order valence-corrected chi connectivity index (χ2v) is 3.47. The first-order chi connectivity index (χ1) is 7.56. The molecule has 5 heteroatoms. The Bertz CT molecular complexity index is 415. The summed E-state index contributed by atoms with van der Waals surface area (Å²) in [5, 5.41) is 10.7. The SMILES string of the molecule is Cc1cc([N+](=O)[O-])c(C)cc1OCCC=O. The van der Waals surface area contributed by atoms with Gasteiger partial charge >= 0.3 is 0 Å². The van der Waals surface area contributed by atoms with Crippen molar-refractivity contribution in [3.63, 3.8) is 0 Å². The first kappa shape index (κ1) is 12.2. The van der Waals surface area contributed by atoms with Crippen molar-refractivity contribution in [1.29, 1.82) is 0 Å². The number of nitro groups is 1. The number of carbonyl (C=O) groups excluding carboxylic acids is 1. The Morgan fingerprint density at radius 3 is 2.62 bits per heavy atom. The smallest absolute Gasteiger partial charge is 0.272 e. The molecule has 0 radical (unpaired) electrons. The highest BCUT2D eigenvalue weighted by Gasteiger charge is 2.13. The van der Waals surface area contributed by atoms with Gasteiger partial charge in [0, 0.05) is 18.1 Å². The maximum Gasteiger partial charge on any atom is 0.272 e. The number of rotatable bonds is 5. The van der Waals surface area contributed by atoms with Crippen molar-refractivity contribution in [3.8, 4) is 5.75 Å². The highest BCUT2D eigenvalue weighted by molar-refractivity contribution is 5.50. The number of nitro benzene ring substituents is 1. The third-order valence-corrected chi connectivity index (χ3v) is 2.18. The Morgan fingerprint density at radius 2 is 2.06 bits per heavy atom. The number of carbonyl (C=O) groups is 1. The molecule has 5 nitrogen and oxygen atoms in total. The fourth-order valence-electron chi connectivity index (χ4n) is 1.34. The zero-order chi connectivity index (χ0) is 12.1. The van der Waals surface area contributed by atoms with Gasteiger partial charge in [-0.3, -0.25) is 10.1 Å². The van der Waals surface area contributed by atoms with E-state index in [1.807, 2.05) is 0 Å². The minimum Gasteiger partial charge on any atom is -0.493 e. The van der Waals surface area contributed by atoms with E-state index in [2.05, 4.69) is 0 Å². The molecule has 0 heterocycles. The summed E-state index contributed by atoms with van der Waals surface area (Å²) in [6, 6.07) is 3.10. The van der Waals surface area contributed by atoms with Gasteiger partial charge in [0.1, 0.15) is 12.0 Å². The highest BCUT2D eigenvalue weighted by atomic mass is 16.6. The fourth-order valence-corrected chi connectivity index (χ4v) is 1.34. The predicted octanol–water partition coefficient (Wildman–Crippen LogP) is 2.18. The van der Waals surface area contributed by atoms with Gasteiger partial charge in [0.2, 0.25) is 0 Å². The van der Waals surface area contributed by atoms with Gasteiger partial charge in [-0.1, -0.05) is 0 Å². The van der Waals surface area contributed by atoms with Gasteiger partial charge in [0.25, 0.3) is 5.69 Å². The minimum atomic E-state index is -0.419. The van der Waals surface area contributed by atoms with Crippen molar-refractivity contribution in [2.75, 3.05) is 6.61 Å². The van der Waals surface area contributed by atoms with Gasteiger partial charge in [-0.05, 0) is 25.5 Å². The number of aldehydes is 1. The van der Waals surface area contributed by atoms with Crippen LogP contribution in [0.2, 0.25) is 0 Å². The van der Waals surface area contributed by atoms with Gasteiger partial charge < -0.3 is 9.53 Å². The molecule has 1 aromatic carbocycles. The molecule has 1 rings (SSSR count). The topological polar surface area (TPSA) is 69.4 Å². The Labute approximate surface area is 93.2 Å². The second-order valence-electron chi connectivity index (χ2n) is 3.47. The summed E-state index contributed by atoms with van der Waals surface area (Å²) < 4.78 is 5.34. The average molecular weight is 223 g/mol. The fraction of sp³-hybridized carbons (Fsp3) is 0.364. The third-order valence-electron chi connectivity index (χ3n) is 2.18. The normalized spacial score (nSPS) is 9.88. The largest absolute Gasteiger partial charge is 0.493 e. The number of benzene rings is 1. The van der Waals surface area contributed by atoms with Gasteiger partial charge in [-0.25, -0.2) is 0 Å². The summed E-state index contributed by atoms with van der Waals surface area (Å²) in [6.45, 7) is 3.69. The van der Waals surface area contributed by atoms with Crippen molar-refractivity contribution in [2.24, 2.45) is 0 Å². The lowest BCUT2D eigenvalue weighted by atomic mass is 10.1. The summed E-state index contributed by atoms with van der Waals surface area (Å²) >= 11 is 0. The van der Waals surface area contributed by atoms with E-state index in [-0.39, 0.29) is 5.69 Å². The highest BCUT2D eigenvalue weighted by Crippen LogP contribution is 2.27. The van der Waals surface area contributed by atoms with E-state index in [0.29, 0.717) is 29.9 Å². The monoisotopic (exact) mass is 223 g/mol. The van der Waals surface area contributed by atoms with Crippen LogP contribution in [0.15, 0.2) is 12.1 Å². The lowest BCUT2D eigenvalue weighted by Gasteiger charge is -2.08. The molecule has 0 unspecified atom stereocenters. The van der Waals surface area contributed by atoms with Gasteiger partial charge in [-0.15, -0.1) is 0 Å². The molecule has 16 heavy (non-hydrogen) atoms. The lowest BCUT2D eigenvalue weighted by Crippen LogP contribution is -2.01. The van der Waals surface area contributed by atoms with E-state index in [0.717, 1.165) is 6.29 Å². The summed E-state index contributed by atoms with van der Waals surface area (Å²) in [5.41, 5.74) is 1.33. The molecule has 86 valence electrons. The maximum atomic E-state index is 10.7. The molecule has 0 aliphatic heterocycles. The van der Waals surface area contributed by atoms with Crippen LogP contribution in [0.1, 0.15) is 17.5 Å². The lowest BCUT2D eigenvalue weighted by molar-refractivity contribution is -0.385. The van der Waals surface area contributed by atoms with Crippen LogP contribution in [0.5, 0.6) is 5.75 Å². The molecule has 0 aliphatic rings. The van der Waals surface area contributed by atoms with Crippen LogP contribution < -0.4 is 4.74 Å². The molecule has 0 atom stereocenters. The van der Waals surface area contributed by atoms with Crippen LogP contribution in [-0.4, -0.2) is 17.8 Å². The molecule has 0 aliphatic carbocycles. The summed E-state index contributed by atoms with van der Waals surface area (Å²) in [4.78, 5) is 20.4. The maximum absolute atomic E-state index is 10.7. The van der Waals surface area contributed by atoms with E-state index in [9.17, 15) is 14.9 Å². The van der Waals surface area contributed by atoms with Crippen molar-refractivity contribution >= 4 is 12.0 Å². The van der Waals surface area contributed by atoms with Crippen LogP contribution in [0, 0.1) is 24.0 Å². The molecule has 0 amide bonds. The van der Waals surface area contributed by atoms with E-state index >= 15 is 0 Å². The number of hydrogen-bond donors (Lipinski definition) is 0. The number of ether oxygens (including phenoxy) is 1. The van der Waals surface area contributed by atoms with Crippen molar-refractivity contribution in [2.45, 2.75) is 20.3 Å². The molecule has 0 bridgehead atoms. The Balaban J connectivity index is 2.92. The van der Waals surface area contributed by atoms with E-state index in [1.54, 1.807) is 19.9 Å². The van der Waals surface area contributed by atoms with Gasteiger partial charge in [-0.2, -0.15) is 0 Å². The molecular weight excluding hydrogens is 210 g/mol. The third kappa shape index (κ3) is 2.79. The predicted molar refractivity (Wildman–Crippen MR) is 58.7 cm³/mol. The summed E-state index contributed by atoms with van der Waals surface area (Å²) in [5.74, 6) is 0.588. The van der Waals surface area contributed by atoms with E-state index in [4.69, 9.17) is 4.74 Å². The Morgan fingerprint density at radius 1 is 1.38 bits per heavy atom. The molecule has 1 aromatic rings. The van der Waals surface area contributed by atoms with Gasteiger partial charge in [0.05, 0.1) is 11.5 Å². The molecule has 0 aromatic heterocycles. The summed E-state index contributed by atoms with van der Waals surface area (Å²) in [6.07, 6.45) is 1.09. The number of hydrogen-bond acceptors (Lipinski definition) is 4. The van der Waals surface area contributed by atoms with E-state index in [1.165, 1.54) is 6.07 Å². The van der Waals surface area contributed by atoms with E-state index < -0.39 is 4.92 Å². The summed E-state index contributed by atoms with van der Waals surface area (Å²) in [7, 11) is 0. The number of nitrogens with zero attached hydrogens (tertiary/aromatic N) is 1. The van der Waals surface area contributed by atoms with Crippen LogP contribution in [0.3, 0.4) is 0 Å². The van der Waals surface area contributed by atoms with Crippen LogP contribution in [-0.2, 0) is 4.79 Å². The standard InChI is InChI=1S/C11H13NO4/c1-8-7-11(16-5-3-4-13)9(2)6-10(8)12(14)15/h4,6-7H,3,5H2,1-2H3. The Hall–Kier alpha value is -1.91. The average Bonchev–Trinajstić information content (AvgIpc) is 2.22. The molecule has 0 spiro atoms. The zero-order valence-electron chi connectivity index (χ0n) is 9.23. The molecular formula is C11H13NO4. The minimum absolute atomic E-state index is 0.0836. The zero-order valence-corrected chi connectivity index (χ0v) is 9.23. The van der Waals surface area contributed by atoms with Crippen LogP contribution >= 0.6 is 0 Å². The first-order valence-corrected chi connectivity index (χ1v) is 4.88. The van der Waals surface area contributed by atoms with Crippen LogP contribution in [0.4, 0.5) is 5.69 Å². The van der Waals surface area contributed by atoms with Crippen LogP contribution in [0.25, 0.3) is 0 Å². The molecule has 0 saturated carbocycles. The number of aryl methyl sites for hydroxylation is 2. The van der Waals surface area contributed by atoms with Gasteiger partial charge in [0.15, 0.2) is 0 Å². The molecule has 0 N–H and O–H groups in total.